The van der Waals surface area contributed by atoms with Crippen LogP contribution in [0.25, 0.3) is 22.3 Å². The van der Waals surface area contributed by atoms with E-state index in [9.17, 15) is 4.79 Å². The van der Waals surface area contributed by atoms with Gasteiger partial charge in [0.2, 0.25) is 0 Å². The first kappa shape index (κ1) is 13.8. The fraction of sp³-hybridized carbons (Fsp3) is 0.176. The molecule has 21 heavy (non-hydrogen) atoms. The molecule has 0 atom stereocenters. The Balaban J connectivity index is 2.28. The molecule has 0 aliphatic carbocycles. The molecule has 0 saturated heterocycles. The average Bonchev–Trinajstić information content (AvgIpc) is 2.55. The van der Waals surface area contributed by atoms with Crippen LogP contribution >= 0.6 is 11.6 Å². The molecule has 3 aromatic rings. The third kappa shape index (κ3) is 2.69. The molecule has 0 N–H and O–H groups in total. The van der Waals surface area contributed by atoms with Crippen LogP contribution in [0.4, 0.5) is 0 Å². The highest BCUT2D eigenvalue weighted by molar-refractivity contribution is 6.17. The number of para-hydroxylation sites is 1. The Labute approximate surface area is 127 Å². The molecule has 0 aliphatic rings. The van der Waals surface area contributed by atoms with Crippen LogP contribution in [0, 0.1) is 0 Å². The number of hydrogen-bond donors (Lipinski definition) is 0. The zero-order valence-corrected chi connectivity index (χ0v) is 12.3. The zero-order chi connectivity index (χ0) is 14.7. The fourth-order valence-electron chi connectivity index (χ4n) is 2.40. The van der Waals surface area contributed by atoms with E-state index in [1.54, 1.807) is 4.57 Å². The minimum Gasteiger partial charge on any atom is -0.292 e. The van der Waals surface area contributed by atoms with E-state index in [0.29, 0.717) is 23.6 Å². The second-order valence-electron chi connectivity index (χ2n) is 4.82. The molecule has 0 aliphatic heterocycles. The number of alkyl halides is 1. The highest BCUT2D eigenvalue weighted by Crippen LogP contribution is 2.18. The summed E-state index contributed by atoms with van der Waals surface area (Å²) in [6.45, 7) is 0.574. The minimum absolute atomic E-state index is 0.00966. The molecule has 0 spiro atoms. The van der Waals surface area contributed by atoms with Crippen molar-refractivity contribution in [2.75, 3.05) is 5.88 Å². The summed E-state index contributed by atoms with van der Waals surface area (Å²) < 4.78 is 1.72. The Hall–Kier alpha value is -2.13. The van der Waals surface area contributed by atoms with Gasteiger partial charge in [0.25, 0.3) is 5.56 Å². The second kappa shape index (κ2) is 6.10. The molecule has 3 nitrogen and oxygen atoms in total. The average molecular weight is 299 g/mol. The highest BCUT2D eigenvalue weighted by atomic mass is 35.5. The molecule has 1 aromatic heterocycles. The monoisotopic (exact) mass is 298 g/mol. The van der Waals surface area contributed by atoms with Gasteiger partial charge in [-0.2, -0.15) is 0 Å². The van der Waals surface area contributed by atoms with Crippen molar-refractivity contribution >= 4 is 22.5 Å². The van der Waals surface area contributed by atoms with Gasteiger partial charge in [-0.3, -0.25) is 9.36 Å². The summed E-state index contributed by atoms with van der Waals surface area (Å²) in [6.07, 6.45) is 0.737. The van der Waals surface area contributed by atoms with Crippen LogP contribution in [0.2, 0.25) is 0 Å². The topological polar surface area (TPSA) is 34.9 Å². The van der Waals surface area contributed by atoms with Crippen molar-refractivity contribution in [2.45, 2.75) is 13.0 Å². The molecule has 3 rings (SSSR count). The van der Waals surface area contributed by atoms with Crippen molar-refractivity contribution in [3.05, 3.63) is 65.0 Å². The third-order valence-electron chi connectivity index (χ3n) is 3.41. The Morgan fingerprint density at radius 3 is 2.48 bits per heavy atom. The summed E-state index contributed by atoms with van der Waals surface area (Å²) in [6, 6.07) is 17.2. The van der Waals surface area contributed by atoms with E-state index in [-0.39, 0.29) is 5.56 Å². The molecule has 0 unspecified atom stereocenters. The summed E-state index contributed by atoms with van der Waals surface area (Å²) >= 11 is 5.78. The maximum Gasteiger partial charge on any atom is 0.261 e. The highest BCUT2D eigenvalue weighted by Gasteiger charge is 2.11. The molecule has 0 bridgehead atoms. The van der Waals surface area contributed by atoms with E-state index in [2.05, 4.69) is 4.98 Å². The maximum absolute atomic E-state index is 12.7. The van der Waals surface area contributed by atoms with Gasteiger partial charge in [0.1, 0.15) is 5.82 Å². The van der Waals surface area contributed by atoms with Gasteiger partial charge >= 0.3 is 0 Å². The zero-order valence-electron chi connectivity index (χ0n) is 11.5. The standard InChI is InChI=1S/C17H15ClN2O/c18-11-6-12-20-16(13-7-2-1-3-8-13)19-15-10-5-4-9-14(15)17(20)21/h1-5,7-10H,6,11-12H2. The fourth-order valence-corrected chi connectivity index (χ4v) is 2.52. The SMILES string of the molecule is O=c1c2ccccc2nc(-c2ccccc2)n1CCCCl. The number of hydrogen-bond acceptors (Lipinski definition) is 2. The quantitative estimate of drug-likeness (QED) is 0.689. The lowest BCUT2D eigenvalue weighted by Crippen LogP contribution is -2.23. The molecular formula is C17H15ClN2O. The Bertz CT molecular complexity index is 812. The van der Waals surface area contributed by atoms with Crippen LogP contribution in [0.5, 0.6) is 0 Å². The summed E-state index contributed by atoms with van der Waals surface area (Å²) in [7, 11) is 0. The number of halogens is 1. The van der Waals surface area contributed by atoms with Crippen LogP contribution < -0.4 is 5.56 Å². The molecule has 2 aromatic carbocycles. The van der Waals surface area contributed by atoms with Crippen LogP contribution in [-0.4, -0.2) is 15.4 Å². The summed E-state index contributed by atoms with van der Waals surface area (Å²) in [5, 5.41) is 0.645. The molecule has 1 heterocycles. The van der Waals surface area contributed by atoms with E-state index in [1.807, 2.05) is 54.6 Å². The van der Waals surface area contributed by atoms with Crippen molar-refractivity contribution in [2.24, 2.45) is 0 Å². The van der Waals surface area contributed by atoms with Gasteiger partial charge in [0, 0.05) is 18.0 Å². The lowest BCUT2D eigenvalue weighted by Gasteiger charge is -2.13. The van der Waals surface area contributed by atoms with Crippen molar-refractivity contribution in [1.82, 2.24) is 9.55 Å². The first-order valence-corrected chi connectivity index (χ1v) is 7.45. The lowest BCUT2D eigenvalue weighted by molar-refractivity contribution is 0.659. The van der Waals surface area contributed by atoms with Gasteiger partial charge in [-0.25, -0.2) is 4.98 Å². The Morgan fingerprint density at radius 2 is 1.71 bits per heavy atom. The van der Waals surface area contributed by atoms with Crippen molar-refractivity contribution in [3.8, 4) is 11.4 Å². The lowest BCUT2D eigenvalue weighted by atomic mass is 10.1. The van der Waals surface area contributed by atoms with Crippen LogP contribution in [-0.2, 0) is 6.54 Å². The van der Waals surface area contributed by atoms with Crippen molar-refractivity contribution in [3.63, 3.8) is 0 Å². The molecule has 4 heteroatoms. The largest absolute Gasteiger partial charge is 0.292 e. The second-order valence-corrected chi connectivity index (χ2v) is 5.20. The molecular weight excluding hydrogens is 284 g/mol. The van der Waals surface area contributed by atoms with Crippen molar-refractivity contribution in [1.29, 1.82) is 0 Å². The number of fused-ring (bicyclic) bond motifs is 1. The summed E-state index contributed by atoms with van der Waals surface area (Å²) in [5.41, 5.74) is 1.66. The van der Waals surface area contributed by atoms with Gasteiger partial charge < -0.3 is 0 Å². The Kier molecular flexibility index (Phi) is 4.02. The number of nitrogens with zero attached hydrogens (tertiary/aromatic N) is 2. The van der Waals surface area contributed by atoms with E-state index in [1.165, 1.54) is 0 Å². The van der Waals surface area contributed by atoms with Crippen molar-refractivity contribution < 1.29 is 0 Å². The van der Waals surface area contributed by atoms with E-state index < -0.39 is 0 Å². The molecule has 106 valence electrons. The first-order chi connectivity index (χ1) is 10.3. The van der Waals surface area contributed by atoms with Gasteiger partial charge in [-0.05, 0) is 18.6 Å². The van der Waals surface area contributed by atoms with E-state index in [0.717, 1.165) is 17.5 Å². The third-order valence-corrected chi connectivity index (χ3v) is 3.68. The normalized spacial score (nSPS) is 10.9. The van der Waals surface area contributed by atoms with Gasteiger partial charge in [-0.15, -0.1) is 11.6 Å². The van der Waals surface area contributed by atoms with Gasteiger partial charge in [-0.1, -0.05) is 42.5 Å². The number of aromatic nitrogens is 2. The molecule has 0 saturated carbocycles. The van der Waals surface area contributed by atoms with Crippen LogP contribution in [0.3, 0.4) is 0 Å². The first-order valence-electron chi connectivity index (χ1n) is 6.92. The van der Waals surface area contributed by atoms with Gasteiger partial charge in [0.05, 0.1) is 10.9 Å². The Morgan fingerprint density at radius 1 is 1.00 bits per heavy atom. The predicted octanol–water partition coefficient (Wildman–Crippen LogP) is 3.69. The van der Waals surface area contributed by atoms with E-state index in [4.69, 9.17) is 11.6 Å². The van der Waals surface area contributed by atoms with Crippen LogP contribution in [0.1, 0.15) is 6.42 Å². The number of rotatable bonds is 4. The van der Waals surface area contributed by atoms with Gasteiger partial charge in [0.15, 0.2) is 0 Å². The smallest absolute Gasteiger partial charge is 0.261 e. The molecule has 0 amide bonds. The summed E-state index contributed by atoms with van der Waals surface area (Å²) in [5.74, 6) is 1.22. The minimum atomic E-state index is -0.00966. The predicted molar refractivity (Wildman–Crippen MR) is 86.8 cm³/mol. The van der Waals surface area contributed by atoms with Crippen LogP contribution in [0.15, 0.2) is 59.4 Å². The van der Waals surface area contributed by atoms with E-state index >= 15 is 0 Å². The molecule has 0 fully saturated rings. The summed E-state index contributed by atoms with van der Waals surface area (Å²) in [4.78, 5) is 17.4. The number of benzene rings is 2. The maximum atomic E-state index is 12.7. The molecule has 0 radical (unpaired) electrons.